The molecule has 2 atom stereocenters. The highest BCUT2D eigenvalue weighted by atomic mass is 16.2. The van der Waals surface area contributed by atoms with Gasteiger partial charge in [0, 0.05) is 13.0 Å². The second kappa shape index (κ2) is 18.6. The molecular formula is C22H44N4O3. The standard InChI is InChI=1S/C22H44N4O3/c1-5-7-8-15-21(28)25-17-12-10-14-20(23-4)22(29)26-19(18(3)27)13-9-11-16-24-6-2/h19-20,23-24H,5-17H2,1-4H3,(H,25,28)(H,26,29). The average Bonchev–Trinajstić information content (AvgIpc) is 2.69. The molecule has 2 unspecified atom stereocenters. The summed E-state index contributed by atoms with van der Waals surface area (Å²) in [7, 11) is 1.76. The van der Waals surface area contributed by atoms with Crippen molar-refractivity contribution in [3.8, 4) is 0 Å². The van der Waals surface area contributed by atoms with Crippen LogP contribution in [-0.4, -0.2) is 56.4 Å². The number of hydrogen-bond donors (Lipinski definition) is 4. The first kappa shape index (κ1) is 27.5. The maximum atomic E-state index is 12.5. The van der Waals surface area contributed by atoms with Crippen LogP contribution in [0.25, 0.3) is 0 Å². The van der Waals surface area contributed by atoms with Crippen LogP contribution in [0.1, 0.15) is 85.0 Å². The number of ketones is 1. The lowest BCUT2D eigenvalue weighted by Gasteiger charge is -2.21. The van der Waals surface area contributed by atoms with E-state index in [0.29, 0.717) is 25.8 Å². The Hall–Kier alpha value is -1.47. The number of Topliss-reactive ketones (excluding diaryl/α,β-unsaturated/α-hetero) is 1. The maximum Gasteiger partial charge on any atom is 0.237 e. The van der Waals surface area contributed by atoms with Gasteiger partial charge in [-0.1, -0.05) is 26.7 Å². The Balaban J connectivity index is 4.12. The third-order valence-electron chi connectivity index (χ3n) is 5.07. The van der Waals surface area contributed by atoms with E-state index in [1.54, 1.807) is 7.05 Å². The van der Waals surface area contributed by atoms with E-state index in [0.717, 1.165) is 58.0 Å². The molecule has 0 aliphatic heterocycles. The van der Waals surface area contributed by atoms with E-state index < -0.39 is 6.04 Å². The van der Waals surface area contributed by atoms with Gasteiger partial charge in [0.2, 0.25) is 11.8 Å². The van der Waals surface area contributed by atoms with Gasteiger partial charge in [-0.15, -0.1) is 0 Å². The predicted molar refractivity (Wildman–Crippen MR) is 119 cm³/mol. The molecule has 0 spiro atoms. The molecule has 29 heavy (non-hydrogen) atoms. The van der Waals surface area contributed by atoms with Gasteiger partial charge in [-0.05, 0) is 72.0 Å². The summed E-state index contributed by atoms with van der Waals surface area (Å²) >= 11 is 0. The maximum absolute atomic E-state index is 12.5. The number of nitrogens with one attached hydrogen (secondary N) is 4. The zero-order valence-electron chi connectivity index (χ0n) is 19.1. The molecule has 0 bridgehead atoms. The number of hydrogen-bond acceptors (Lipinski definition) is 5. The lowest BCUT2D eigenvalue weighted by atomic mass is 10.0. The number of unbranched alkanes of at least 4 members (excludes halogenated alkanes) is 4. The van der Waals surface area contributed by atoms with E-state index in [1.165, 1.54) is 6.92 Å². The summed E-state index contributed by atoms with van der Waals surface area (Å²) < 4.78 is 0. The van der Waals surface area contributed by atoms with Crippen LogP contribution < -0.4 is 21.3 Å². The van der Waals surface area contributed by atoms with E-state index in [4.69, 9.17) is 0 Å². The molecule has 0 aromatic rings. The molecule has 0 aliphatic carbocycles. The zero-order chi connectivity index (χ0) is 21.9. The minimum absolute atomic E-state index is 0.00226. The molecule has 0 aliphatic rings. The van der Waals surface area contributed by atoms with Gasteiger partial charge in [0.25, 0.3) is 0 Å². The Morgan fingerprint density at radius 3 is 2.07 bits per heavy atom. The Bertz CT molecular complexity index is 457. The molecule has 7 nitrogen and oxygen atoms in total. The topological polar surface area (TPSA) is 99.3 Å². The van der Waals surface area contributed by atoms with Crippen molar-refractivity contribution in [3.05, 3.63) is 0 Å². The quantitative estimate of drug-likeness (QED) is 0.244. The fourth-order valence-electron chi connectivity index (χ4n) is 3.16. The van der Waals surface area contributed by atoms with Gasteiger partial charge in [-0.2, -0.15) is 0 Å². The second-order valence-corrected chi connectivity index (χ2v) is 7.67. The van der Waals surface area contributed by atoms with Crippen LogP contribution in [0.3, 0.4) is 0 Å². The molecule has 170 valence electrons. The van der Waals surface area contributed by atoms with Crippen LogP contribution in [0.15, 0.2) is 0 Å². The molecule has 0 aromatic heterocycles. The van der Waals surface area contributed by atoms with Crippen molar-refractivity contribution < 1.29 is 14.4 Å². The number of carbonyl (C=O) groups excluding carboxylic acids is 3. The summed E-state index contributed by atoms with van der Waals surface area (Å²) in [5.74, 6) is -0.00906. The monoisotopic (exact) mass is 412 g/mol. The summed E-state index contributed by atoms with van der Waals surface area (Å²) in [4.78, 5) is 36.1. The zero-order valence-corrected chi connectivity index (χ0v) is 19.1. The van der Waals surface area contributed by atoms with Crippen LogP contribution in [0.4, 0.5) is 0 Å². The minimum atomic E-state index is -0.414. The predicted octanol–water partition coefficient (Wildman–Crippen LogP) is 2.29. The lowest BCUT2D eigenvalue weighted by molar-refractivity contribution is -0.128. The Morgan fingerprint density at radius 1 is 0.828 bits per heavy atom. The molecule has 0 saturated heterocycles. The van der Waals surface area contributed by atoms with Crippen LogP contribution >= 0.6 is 0 Å². The van der Waals surface area contributed by atoms with Crippen molar-refractivity contribution >= 4 is 17.6 Å². The highest BCUT2D eigenvalue weighted by molar-refractivity contribution is 5.89. The first-order valence-electron chi connectivity index (χ1n) is 11.4. The van der Waals surface area contributed by atoms with Gasteiger partial charge in [0.1, 0.15) is 0 Å². The van der Waals surface area contributed by atoms with E-state index in [2.05, 4.69) is 35.1 Å². The van der Waals surface area contributed by atoms with Crippen molar-refractivity contribution in [2.75, 3.05) is 26.7 Å². The second-order valence-electron chi connectivity index (χ2n) is 7.67. The first-order valence-corrected chi connectivity index (χ1v) is 11.4. The molecule has 0 saturated carbocycles. The van der Waals surface area contributed by atoms with Gasteiger partial charge >= 0.3 is 0 Å². The molecule has 0 heterocycles. The van der Waals surface area contributed by atoms with Gasteiger partial charge in [-0.25, -0.2) is 0 Å². The Kier molecular flexibility index (Phi) is 17.6. The van der Waals surface area contributed by atoms with Crippen molar-refractivity contribution in [3.63, 3.8) is 0 Å². The fourth-order valence-corrected chi connectivity index (χ4v) is 3.16. The molecule has 7 heteroatoms. The SMILES string of the molecule is CCCCCC(=O)NCCCCC(NC)C(=O)NC(CCCCNCC)C(C)=O. The largest absolute Gasteiger partial charge is 0.356 e. The van der Waals surface area contributed by atoms with E-state index in [9.17, 15) is 14.4 Å². The Morgan fingerprint density at radius 2 is 1.48 bits per heavy atom. The summed E-state index contributed by atoms with van der Waals surface area (Å²) in [6.07, 6.45) is 8.66. The molecule has 4 N–H and O–H groups in total. The van der Waals surface area contributed by atoms with Crippen molar-refractivity contribution in [1.29, 1.82) is 0 Å². The normalized spacial score (nSPS) is 13.0. The summed E-state index contributed by atoms with van der Waals surface area (Å²) in [5.41, 5.74) is 0. The van der Waals surface area contributed by atoms with Crippen LogP contribution in [0.5, 0.6) is 0 Å². The lowest BCUT2D eigenvalue weighted by Crippen LogP contribution is -2.49. The van der Waals surface area contributed by atoms with Crippen molar-refractivity contribution in [2.45, 2.75) is 97.1 Å². The highest BCUT2D eigenvalue weighted by Crippen LogP contribution is 2.06. The fraction of sp³-hybridized carbons (Fsp3) is 0.864. The molecule has 0 rings (SSSR count). The van der Waals surface area contributed by atoms with Crippen LogP contribution in [0, 0.1) is 0 Å². The molecule has 0 aromatic carbocycles. The average molecular weight is 413 g/mol. The third kappa shape index (κ3) is 15.1. The van der Waals surface area contributed by atoms with Gasteiger partial charge < -0.3 is 21.3 Å². The Labute approximate surface area is 177 Å². The van der Waals surface area contributed by atoms with Crippen molar-refractivity contribution in [2.24, 2.45) is 0 Å². The van der Waals surface area contributed by atoms with Crippen molar-refractivity contribution in [1.82, 2.24) is 21.3 Å². The summed E-state index contributed by atoms with van der Waals surface area (Å²) in [6.45, 7) is 8.24. The number of likely N-dealkylation sites (N-methyl/N-ethyl adjacent to an activating group) is 1. The number of rotatable bonds is 19. The molecule has 0 radical (unpaired) electrons. The molecular weight excluding hydrogens is 368 g/mol. The van der Waals surface area contributed by atoms with Gasteiger partial charge in [-0.3, -0.25) is 14.4 Å². The van der Waals surface area contributed by atoms with Crippen LogP contribution in [-0.2, 0) is 14.4 Å². The molecule has 0 fully saturated rings. The minimum Gasteiger partial charge on any atom is -0.356 e. The number of amides is 2. The van der Waals surface area contributed by atoms with Crippen LogP contribution in [0.2, 0.25) is 0 Å². The first-order chi connectivity index (χ1) is 14.0. The van der Waals surface area contributed by atoms with Gasteiger partial charge in [0.15, 0.2) is 5.78 Å². The van der Waals surface area contributed by atoms with E-state index in [1.807, 2.05) is 0 Å². The van der Waals surface area contributed by atoms with E-state index in [-0.39, 0.29) is 23.6 Å². The van der Waals surface area contributed by atoms with Gasteiger partial charge in [0.05, 0.1) is 12.1 Å². The summed E-state index contributed by atoms with van der Waals surface area (Å²) in [5, 5.41) is 12.1. The number of carbonyl (C=O) groups is 3. The summed E-state index contributed by atoms with van der Waals surface area (Å²) in [6, 6.07) is -0.735. The third-order valence-corrected chi connectivity index (χ3v) is 5.07. The van der Waals surface area contributed by atoms with E-state index >= 15 is 0 Å². The molecule has 2 amide bonds. The highest BCUT2D eigenvalue weighted by Gasteiger charge is 2.22. The smallest absolute Gasteiger partial charge is 0.237 e.